The molecule has 0 aliphatic heterocycles. The molecule has 0 atom stereocenters. The summed E-state index contributed by atoms with van der Waals surface area (Å²) in [7, 11) is 16.0. The number of rotatable bonds is 13. The summed E-state index contributed by atoms with van der Waals surface area (Å²) in [5, 5.41) is 18.2. The summed E-state index contributed by atoms with van der Waals surface area (Å²) in [6, 6.07) is 12.1. The third kappa shape index (κ3) is 10.3. The van der Waals surface area contributed by atoms with Crippen molar-refractivity contribution in [3.05, 3.63) is 24.3 Å². The van der Waals surface area contributed by atoms with Crippen molar-refractivity contribution in [1.29, 1.82) is 0 Å². The summed E-state index contributed by atoms with van der Waals surface area (Å²) in [5.41, 5.74) is 0.478. The Hall–Kier alpha value is 0.134. The minimum absolute atomic E-state index is 0.478. The molecular weight excluding hydrogens is 355 g/mol. The Balaban J connectivity index is 2.49. The second-order valence-corrected chi connectivity index (χ2v) is 12.2. The van der Waals surface area contributed by atoms with E-state index in [0.717, 1.165) is 25.7 Å². The fourth-order valence-corrected chi connectivity index (χ4v) is 7.97. The fraction of sp³-hybridized carbons (Fsp3) is 0.500. The van der Waals surface area contributed by atoms with E-state index in [1.807, 2.05) is 0 Å². The second kappa shape index (κ2) is 14.2. The summed E-state index contributed by atoms with van der Waals surface area (Å²) >= 11 is 0. The molecule has 0 saturated heterocycles. The molecule has 0 saturated carbocycles. The molecule has 17 heteroatoms. The van der Waals surface area contributed by atoms with Crippen LogP contribution in [0.3, 0.4) is 0 Å². The molecule has 3 radical (unpaired) electrons. The average Bonchev–Trinajstić information content (AvgIpc) is 2.65. The van der Waals surface area contributed by atoms with Crippen LogP contribution in [0.1, 0.15) is 25.7 Å². The van der Waals surface area contributed by atoms with Gasteiger partial charge in [-0.3, -0.25) is 0 Å². The van der Waals surface area contributed by atoms with Gasteiger partial charge in [0.1, 0.15) is 0 Å². The molecule has 0 aromatic heterocycles. The summed E-state index contributed by atoms with van der Waals surface area (Å²) in [6.45, 7) is 0.689. The van der Waals surface area contributed by atoms with Gasteiger partial charge in [-0.05, 0) is 0 Å². The Morgan fingerprint density at radius 1 is 0.931 bits per heavy atom. The van der Waals surface area contributed by atoms with Crippen LogP contribution in [0.25, 0.3) is 0 Å². The molecule has 0 bridgehead atoms. The molecule has 2 N–H and O–H groups in total. The standard InChI is InChI=1S/C12H29B13O3S/c13-19-25(18)29(20-23(14)15,21-24(16)17)10-4-2-1-3-9-28-12-7-5-11(6-8-12)22(26)27/h5-8,19,26-27H,1-4,9-10,14-18H2/q-1/i13-1,14-1,15-1,16-1,17-1,18-1,19-1,20-1,21-1,23-1,24-1,25-1. The van der Waals surface area contributed by atoms with Crippen LogP contribution >= 0.6 is 8.73 Å². The van der Waals surface area contributed by atoms with Crippen molar-refractivity contribution in [1.82, 2.24) is 0 Å². The number of hydrogen-bond donors (Lipinski definition) is 2. The third-order valence-electron chi connectivity index (χ3n) is 4.97. The van der Waals surface area contributed by atoms with Crippen molar-refractivity contribution < 1.29 is 14.8 Å². The van der Waals surface area contributed by atoms with Gasteiger partial charge in [-0.25, -0.2) is 0 Å². The molecule has 0 unspecified atom stereocenters. The maximum absolute atomic E-state index is 9.12. The van der Waals surface area contributed by atoms with Gasteiger partial charge in [0.2, 0.25) is 0 Å². The Bertz CT molecular complexity index is 685. The Morgan fingerprint density at radius 2 is 1.48 bits per heavy atom. The fourth-order valence-electron chi connectivity index (χ4n) is 3.58. The predicted octanol–water partition coefficient (Wildman–Crippen LogP) is -6.01. The van der Waals surface area contributed by atoms with E-state index in [1.165, 1.54) is 18.6 Å². The maximum atomic E-state index is 9.12. The van der Waals surface area contributed by atoms with E-state index in [9.17, 15) is 0 Å². The molecular formula is C12H29B13O3S-. The molecule has 0 spiro atoms. The number of unbranched alkanes of at least 4 members (excludes halogenated alkanes) is 3. The van der Waals surface area contributed by atoms with Gasteiger partial charge in [-0.2, -0.15) is 0 Å². The number of hydrogen-bond acceptors (Lipinski definition) is 3. The quantitative estimate of drug-likeness (QED) is 0.263. The molecule has 1 aromatic rings. The summed E-state index contributed by atoms with van der Waals surface area (Å²) in [6.07, 6.45) is 5.80. The SMILES string of the molecule is [10B-][10BH][10B]([10BH2])S(=[10B][10B]([10BH2])[10BH2])(=[10B][10B]([10BH2])[10BH2])CCCCCCOc1ccc(B(O)O)cc1. The number of ether oxygens (including phenoxy) is 1. The topological polar surface area (TPSA) is 49.7 Å². The van der Waals surface area contributed by atoms with Crippen LogP contribution in [0.2, 0.25) is 0 Å². The number of benzene rings is 1. The van der Waals surface area contributed by atoms with Gasteiger partial charge in [-0.1, -0.05) is 0 Å². The Labute approximate surface area is 188 Å². The first-order valence-corrected chi connectivity index (χ1v) is 13.0. The first kappa shape index (κ1) is 27.2. The Morgan fingerprint density at radius 3 is 1.97 bits per heavy atom. The van der Waals surface area contributed by atoms with Crippen LogP contribution < -0.4 is 10.2 Å². The van der Waals surface area contributed by atoms with Crippen LogP contribution in [0.15, 0.2) is 24.3 Å². The van der Waals surface area contributed by atoms with Crippen molar-refractivity contribution in [3.8, 4) is 5.75 Å². The van der Waals surface area contributed by atoms with Crippen LogP contribution in [0, 0.1) is 0 Å². The molecule has 0 amide bonds. The van der Waals surface area contributed by atoms with Crippen LogP contribution in [-0.4, -0.2) is 114 Å². The molecule has 0 aliphatic carbocycles. The third-order valence-corrected chi connectivity index (χ3v) is 9.76. The first-order chi connectivity index (χ1) is 13.7. The second-order valence-electron chi connectivity index (χ2n) is 8.62. The van der Waals surface area contributed by atoms with Crippen LogP contribution in [0.4, 0.5) is 0 Å². The minimum atomic E-state index is -1.43. The molecule has 1 aromatic carbocycles. The van der Waals surface area contributed by atoms with Gasteiger partial charge < -0.3 is 10.0 Å². The monoisotopic (exact) mass is 384 g/mol. The zero-order valence-electron chi connectivity index (χ0n) is 19.0. The molecule has 0 fully saturated rings. The summed E-state index contributed by atoms with van der Waals surface area (Å²) < 4.78 is 5.76. The van der Waals surface area contributed by atoms with E-state index in [4.69, 9.17) is 22.5 Å². The molecule has 3 nitrogen and oxygen atoms in total. The molecule has 0 heterocycles. The molecule has 0 aliphatic rings. The van der Waals surface area contributed by atoms with Crippen molar-refractivity contribution in [2.45, 2.75) is 25.7 Å². The van der Waals surface area contributed by atoms with E-state index >= 15 is 0 Å². The molecule has 29 heavy (non-hydrogen) atoms. The zero-order chi connectivity index (χ0) is 21.9. The van der Waals surface area contributed by atoms with Gasteiger partial charge in [-0.15, -0.1) is 0 Å². The van der Waals surface area contributed by atoms with E-state index in [2.05, 4.69) is 50.8 Å². The Kier molecular flexibility index (Phi) is 13.3. The van der Waals surface area contributed by atoms with Crippen molar-refractivity contribution >= 4 is 105 Å². The molecule has 141 valence electrons. The van der Waals surface area contributed by atoms with Gasteiger partial charge in [0.25, 0.3) is 0 Å². The van der Waals surface area contributed by atoms with Gasteiger partial charge in [0.15, 0.2) is 0 Å². The van der Waals surface area contributed by atoms with Crippen molar-refractivity contribution in [2.24, 2.45) is 0 Å². The van der Waals surface area contributed by atoms with E-state index in [0.29, 0.717) is 30.6 Å². The predicted molar refractivity (Wildman–Crippen MR) is 157 cm³/mol. The normalized spacial score (nSPS) is 10.4. The van der Waals surface area contributed by atoms with E-state index in [-0.39, 0.29) is 0 Å². The van der Waals surface area contributed by atoms with Crippen molar-refractivity contribution in [3.63, 3.8) is 0 Å². The molecule has 1 rings (SSSR count). The van der Waals surface area contributed by atoms with Crippen molar-refractivity contribution in [2.75, 3.05) is 12.4 Å². The van der Waals surface area contributed by atoms with E-state index < -0.39 is 15.9 Å². The average molecular weight is 384 g/mol. The van der Waals surface area contributed by atoms with Gasteiger partial charge >= 0.3 is 178 Å². The summed E-state index contributed by atoms with van der Waals surface area (Å²) in [5.74, 6) is 2.55. The van der Waals surface area contributed by atoms with Crippen LogP contribution in [-0.2, 0) is 0 Å². The zero-order valence-corrected chi connectivity index (χ0v) is 19.8. The first-order valence-electron chi connectivity index (χ1n) is 11.0. The van der Waals surface area contributed by atoms with Gasteiger partial charge in [0.05, 0.1) is 0 Å². The summed E-state index contributed by atoms with van der Waals surface area (Å²) in [4.78, 5) is 0. The van der Waals surface area contributed by atoms with E-state index in [1.54, 1.807) is 24.3 Å². The van der Waals surface area contributed by atoms with Gasteiger partial charge in [0, 0.05) is 0 Å². The van der Waals surface area contributed by atoms with Crippen LogP contribution in [0.5, 0.6) is 5.75 Å².